The van der Waals surface area contributed by atoms with Crippen molar-refractivity contribution in [1.82, 2.24) is 9.97 Å². The van der Waals surface area contributed by atoms with E-state index in [9.17, 15) is 9.59 Å². The minimum Gasteiger partial charge on any atom is -0.497 e. The molecule has 0 radical (unpaired) electrons. The third-order valence-electron chi connectivity index (χ3n) is 5.46. The van der Waals surface area contributed by atoms with E-state index in [0.717, 1.165) is 0 Å². The number of esters is 1. The number of fused-ring (bicyclic) bond motifs is 1. The Bertz CT molecular complexity index is 938. The summed E-state index contributed by atoms with van der Waals surface area (Å²) in [6.07, 6.45) is 4.53. The number of anilines is 1. The van der Waals surface area contributed by atoms with Crippen molar-refractivity contribution in [2.45, 2.75) is 31.8 Å². The second-order valence-electron chi connectivity index (χ2n) is 7.21. The van der Waals surface area contributed by atoms with E-state index in [2.05, 4.69) is 9.97 Å². The first-order chi connectivity index (χ1) is 14.0. The lowest BCUT2D eigenvalue weighted by atomic mass is 9.82. The molecule has 2 aliphatic rings. The molecule has 8 heteroatoms. The number of ether oxygens (including phenoxy) is 3. The van der Waals surface area contributed by atoms with E-state index in [0.29, 0.717) is 60.8 Å². The second kappa shape index (κ2) is 7.69. The highest BCUT2D eigenvalue weighted by atomic mass is 16.5. The van der Waals surface area contributed by atoms with Crippen LogP contribution in [0.1, 0.15) is 46.9 Å². The molecule has 0 saturated carbocycles. The average Bonchev–Trinajstić information content (AvgIpc) is 2.74. The van der Waals surface area contributed by atoms with E-state index < -0.39 is 11.6 Å². The van der Waals surface area contributed by atoms with Gasteiger partial charge in [-0.05, 0) is 25.1 Å². The van der Waals surface area contributed by atoms with E-state index in [1.54, 1.807) is 32.2 Å². The summed E-state index contributed by atoms with van der Waals surface area (Å²) in [5, 5.41) is 0. The van der Waals surface area contributed by atoms with Gasteiger partial charge in [-0.15, -0.1) is 0 Å². The van der Waals surface area contributed by atoms with Gasteiger partial charge in [0.15, 0.2) is 5.78 Å². The van der Waals surface area contributed by atoms with Crippen LogP contribution in [0.4, 0.5) is 5.82 Å². The van der Waals surface area contributed by atoms with Crippen LogP contribution in [-0.4, -0.2) is 54.1 Å². The van der Waals surface area contributed by atoms with E-state index in [1.165, 1.54) is 12.5 Å². The summed E-state index contributed by atoms with van der Waals surface area (Å²) >= 11 is 0. The smallest absolute Gasteiger partial charge is 0.343 e. The van der Waals surface area contributed by atoms with Crippen molar-refractivity contribution in [3.63, 3.8) is 0 Å². The SMILES string of the molecule is CCOC(=O)c1cncnc1N1CCC2(CC1)CC(=O)c1cc(OC)ccc1O2. The van der Waals surface area contributed by atoms with Gasteiger partial charge in [-0.25, -0.2) is 14.8 Å². The van der Waals surface area contributed by atoms with E-state index >= 15 is 0 Å². The number of carbonyl (C=O) groups is 2. The van der Waals surface area contributed by atoms with Gasteiger partial charge in [0.05, 0.1) is 25.7 Å². The summed E-state index contributed by atoms with van der Waals surface area (Å²) in [4.78, 5) is 35.3. The lowest BCUT2D eigenvalue weighted by molar-refractivity contribution is 0.0230. The highest BCUT2D eigenvalue weighted by molar-refractivity contribution is 6.00. The van der Waals surface area contributed by atoms with Gasteiger partial charge in [-0.3, -0.25) is 4.79 Å². The molecule has 0 amide bonds. The van der Waals surface area contributed by atoms with Gasteiger partial charge in [0, 0.05) is 32.1 Å². The van der Waals surface area contributed by atoms with Crippen molar-refractivity contribution in [2.75, 3.05) is 31.7 Å². The zero-order valence-electron chi connectivity index (χ0n) is 16.5. The number of rotatable bonds is 4. The first kappa shape index (κ1) is 19.2. The predicted molar refractivity (Wildman–Crippen MR) is 105 cm³/mol. The number of Topliss-reactive ketones (excluding diaryl/α,β-unsaturated/α-hetero) is 1. The Labute approximate surface area is 168 Å². The molecular formula is C21H23N3O5. The van der Waals surface area contributed by atoms with Crippen LogP contribution >= 0.6 is 0 Å². The Morgan fingerprint density at radius 1 is 1.31 bits per heavy atom. The highest BCUT2D eigenvalue weighted by Crippen LogP contribution is 2.41. The molecule has 1 spiro atoms. The molecule has 1 aromatic carbocycles. The van der Waals surface area contributed by atoms with E-state index in [1.807, 2.05) is 4.90 Å². The maximum absolute atomic E-state index is 12.8. The fourth-order valence-electron chi connectivity index (χ4n) is 3.93. The van der Waals surface area contributed by atoms with Gasteiger partial charge in [0.1, 0.15) is 34.8 Å². The second-order valence-corrected chi connectivity index (χ2v) is 7.21. The van der Waals surface area contributed by atoms with Crippen molar-refractivity contribution < 1.29 is 23.8 Å². The third-order valence-corrected chi connectivity index (χ3v) is 5.46. The van der Waals surface area contributed by atoms with Gasteiger partial charge >= 0.3 is 5.97 Å². The molecule has 0 atom stereocenters. The Balaban J connectivity index is 1.52. The molecule has 1 saturated heterocycles. The van der Waals surface area contributed by atoms with Crippen LogP contribution in [-0.2, 0) is 4.74 Å². The van der Waals surface area contributed by atoms with Gasteiger partial charge in [0.2, 0.25) is 0 Å². The number of piperidine rings is 1. The molecule has 2 aliphatic heterocycles. The monoisotopic (exact) mass is 397 g/mol. The van der Waals surface area contributed by atoms with Crippen molar-refractivity contribution in [3.8, 4) is 11.5 Å². The molecule has 29 heavy (non-hydrogen) atoms. The van der Waals surface area contributed by atoms with Crippen LogP contribution < -0.4 is 14.4 Å². The van der Waals surface area contributed by atoms with Crippen LogP contribution in [0.15, 0.2) is 30.7 Å². The van der Waals surface area contributed by atoms with Gasteiger partial charge in [-0.1, -0.05) is 0 Å². The summed E-state index contributed by atoms with van der Waals surface area (Å²) in [6, 6.07) is 5.32. The number of aromatic nitrogens is 2. The van der Waals surface area contributed by atoms with Crippen molar-refractivity contribution in [3.05, 3.63) is 41.9 Å². The summed E-state index contributed by atoms with van der Waals surface area (Å²) < 4.78 is 16.6. The summed E-state index contributed by atoms with van der Waals surface area (Å²) in [5.74, 6) is 1.43. The van der Waals surface area contributed by atoms with Crippen LogP contribution in [0.3, 0.4) is 0 Å². The zero-order valence-corrected chi connectivity index (χ0v) is 16.5. The Kier molecular flexibility index (Phi) is 5.08. The molecule has 2 aromatic rings. The number of hydrogen-bond donors (Lipinski definition) is 0. The first-order valence-electron chi connectivity index (χ1n) is 9.67. The fourth-order valence-corrected chi connectivity index (χ4v) is 3.93. The summed E-state index contributed by atoms with van der Waals surface area (Å²) in [5.41, 5.74) is 0.382. The third kappa shape index (κ3) is 3.62. The topological polar surface area (TPSA) is 90.9 Å². The molecule has 8 nitrogen and oxygen atoms in total. The minimum atomic E-state index is -0.535. The van der Waals surface area contributed by atoms with E-state index in [4.69, 9.17) is 14.2 Å². The Morgan fingerprint density at radius 2 is 2.10 bits per heavy atom. The largest absolute Gasteiger partial charge is 0.497 e. The summed E-state index contributed by atoms with van der Waals surface area (Å²) in [6.45, 7) is 3.28. The maximum atomic E-state index is 12.8. The molecule has 1 fully saturated rings. The minimum absolute atomic E-state index is 0.0628. The standard InChI is InChI=1S/C21H23N3O5/c1-3-28-20(26)16-12-22-13-23-19(16)24-8-6-21(7-9-24)11-17(25)15-10-14(27-2)4-5-18(15)29-21/h4-5,10,12-13H,3,6-9,11H2,1-2H3. The average molecular weight is 397 g/mol. The number of benzene rings is 1. The number of methoxy groups -OCH3 is 1. The van der Waals surface area contributed by atoms with Crippen molar-refractivity contribution >= 4 is 17.6 Å². The van der Waals surface area contributed by atoms with Gasteiger partial charge < -0.3 is 19.1 Å². The Hall–Kier alpha value is -3.16. The molecule has 152 valence electrons. The van der Waals surface area contributed by atoms with Crippen LogP contribution in [0, 0.1) is 0 Å². The van der Waals surface area contributed by atoms with Crippen LogP contribution in [0.5, 0.6) is 11.5 Å². The normalized spacial score (nSPS) is 17.4. The molecular weight excluding hydrogens is 374 g/mol. The van der Waals surface area contributed by atoms with Crippen molar-refractivity contribution in [2.24, 2.45) is 0 Å². The lowest BCUT2D eigenvalue weighted by Crippen LogP contribution is -2.51. The number of carbonyl (C=O) groups excluding carboxylic acids is 2. The maximum Gasteiger partial charge on any atom is 0.343 e. The van der Waals surface area contributed by atoms with Crippen LogP contribution in [0.25, 0.3) is 0 Å². The first-order valence-corrected chi connectivity index (χ1v) is 9.67. The quantitative estimate of drug-likeness (QED) is 0.728. The van der Waals surface area contributed by atoms with Crippen molar-refractivity contribution in [1.29, 1.82) is 0 Å². The zero-order chi connectivity index (χ0) is 20.4. The predicted octanol–water partition coefficient (Wildman–Crippen LogP) is 2.67. The van der Waals surface area contributed by atoms with Crippen LogP contribution in [0.2, 0.25) is 0 Å². The molecule has 0 aliphatic carbocycles. The van der Waals surface area contributed by atoms with Gasteiger partial charge in [-0.2, -0.15) is 0 Å². The number of nitrogens with zero attached hydrogens (tertiary/aromatic N) is 3. The highest BCUT2D eigenvalue weighted by Gasteiger charge is 2.43. The fraction of sp³-hybridized carbons (Fsp3) is 0.429. The Morgan fingerprint density at radius 3 is 2.83 bits per heavy atom. The van der Waals surface area contributed by atoms with Gasteiger partial charge in [0.25, 0.3) is 0 Å². The van der Waals surface area contributed by atoms with E-state index in [-0.39, 0.29) is 12.4 Å². The molecule has 0 unspecified atom stereocenters. The lowest BCUT2D eigenvalue weighted by Gasteiger charge is -2.44. The number of hydrogen-bond acceptors (Lipinski definition) is 8. The molecule has 0 bridgehead atoms. The summed E-state index contributed by atoms with van der Waals surface area (Å²) in [7, 11) is 1.57. The molecule has 3 heterocycles. The molecule has 1 aromatic heterocycles. The number of ketones is 1. The molecule has 0 N–H and O–H groups in total. The molecule has 4 rings (SSSR count).